The Morgan fingerprint density at radius 3 is 2.70 bits per heavy atom. The van der Waals surface area contributed by atoms with Gasteiger partial charge in [0.1, 0.15) is 18.3 Å². The molecule has 0 saturated carbocycles. The van der Waals surface area contributed by atoms with Gasteiger partial charge in [-0.15, -0.1) is 0 Å². The molecule has 0 radical (unpaired) electrons. The summed E-state index contributed by atoms with van der Waals surface area (Å²) in [5, 5.41) is 10.3. The van der Waals surface area contributed by atoms with Crippen LogP contribution < -0.4 is 0 Å². The van der Waals surface area contributed by atoms with Crippen molar-refractivity contribution in [2.45, 2.75) is 77.9 Å². The smallest absolute Gasteiger partial charge is 0.313 e. The molecule has 0 spiro atoms. The second kappa shape index (κ2) is 11.4. The van der Waals surface area contributed by atoms with E-state index in [9.17, 15) is 19.5 Å². The van der Waals surface area contributed by atoms with Gasteiger partial charge in [0.2, 0.25) is 0 Å². The third-order valence-electron chi connectivity index (χ3n) is 6.49. The first-order valence-electron chi connectivity index (χ1n) is 11.1. The Hall–Kier alpha value is -1.95. The predicted molar refractivity (Wildman–Crippen MR) is 113 cm³/mol. The molecule has 0 aliphatic heterocycles. The highest BCUT2D eigenvalue weighted by Gasteiger charge is 2.40. The van der Waals surface area contributed by atoms with Crippen LogP contribution in [-0.4, -0.2) is 42.1 Å². The van der Waals surface area contributed by atoms with E-state index in [0.29, 0.717) is 6.42 Å². The number of carbonyl (C=O) groups excluding carboxylic acids is 3. The van der Waals surface area contributed by atoms with E-state index in [0.717, 1.165) is 25.7 Å². The standard InChI is InChI=1S/C24H36O6/c1-5-15(2)24(28)30-21-8-6-7-17-10-9-16(3)20(23(17)21)12-11-18(25)13-19(26)14-22(27)29-4/h7,9-10,15-16,18,20-21,23,25H,5-6,8,11-14H2,1-4H3/t15-,16-,18-,20-,21-,23-/m0/s1. The molecule has 0 saturated heterocycles. The molecule has 0 aromatic carbocycles. The maximum Gasteiger partial charge on any atom is 0.313 e. The molecular weight excluding hydrogens is 384 g/mol. The predicted octanol–water partition coefficient (Wildman–Crippen LogP) is 3.77. The first-order chi connectivity index (χ1) is 14.3. The Morgan fingerprint density at radius 2 is 2.03 bits per heavy atom. The zero-order chi connectivity index (χ0) is 22.3. The molecule has 1 N–H and O–H groups in total. The lowest BCUT2D eigenvalue weighted by Crippen LogP contribution is -2.40. The topological polar surface area (TPSA) is 89.9 Å². The number of ketones is 1. The number of esters is 2. The molecular formula is C24H36O6. The van der Waals surface area contributed by atoms with Crippen molar-refractivity contribution in [2.24, 2.45) is 23.7 Å². The van der Waals surface area contributed by atoms with E-state index in [2.05, 4.69) is 29.9 Å². The molecule has 2 rings (SSSR count). The van der Waals surface area contributed by atoms with Crippen LogP contribution in [0.25, 0.3) is 0 Å². The molecule has 0 heterocycles. The highest BCUT2D eigenvalue weighted by molar-refractivity contribution is 5.95. The SMILES string of the molecule is CC[C@H](C)C(=O)O[C@H]1CCC=C2C=C[C@H](C)[C@H](CC[C@H](O)CC(=O)CC(=O)OC)[C@H]21. The zero-order valence-electron chi connectivity index (χ0n) is 18.6. The number of methoxy groups -OCH3 is 1. The van der Waals surface area contributed by atoms with Crippen LogP contribution in [-0.2, 0) is 23.9 Å². The Labute approximate surface area is 179 Å². The van der Waals surface area contributed by atoms with Crippen molar-refractivity contribution < 1.29 is 29.0 Å². The zero-order valence-corrected chi connectivity index (χ0v) is 18.6. The fraction of sp³-hybridized carbons (Fsp3) is 0.708. The fourth-order valence-electron chi connectivity index (χ4n) is 4.44. The van der Waals surface area contributed by atoms with Gasteiger partial charge in [-0.05, 0) is 49.5 Å². The second-order valence-corrected chi connectivity index (χ2v) is 8.70. The molecule has 0 aromatic heterocycles. The third kappa shape index (κ3) is 6.53. The number of allylic oxidation sites excluding steroid dienone is 3. The summed E-state index contributed by atoms with van der Waals surface area (Å²) in [6, 6.07) is 0. The van der Waals surface area contributed by atoms with Crippen LogP contribution in [0.4, 0.5) is 0 Å². The number of rotatable bonds is 10. The van der Waals surface area contributed by atoms with Gasteiger partial charge in [0.15, 0.2) is 0 Å². The van der Waals surface area contributed by atoms with E-state index in [1.54, 1.807) is 0 Å². The van der Waals surface area contributed by atoms with Crippen LogP contribution in [0.3, 0.4) is 0 Å². The largest absolute Gasteiger partial charge is 0.469 e. The van der Waals surface area contributed by atoms with E-state index in [1.165, 1.54) is 12.7 Å². The lowest BCUT2D eigenvalue weighted by Gasteiger charge is -2.42. The van der Waals surface area contributed by atoms with Crippen molar-refractivity contribution >= 4 is 17.7 Å². The molecule has 0 fully saturated rings. The van der Waals surface area contributed by atoms with Gasteiger partial charge in [-0.3, -0.25) is 14.4 Å². The number of Topliss-reactive ketones (excluding diaryl/α,β-unsaturated/α-hetero) is 1. The van der Waals surface area contributed by atoms with Gasteiger partial charge in [0, 0.05) is 12.3 Å². The van der Waals surface area contributed by atoms with Gasteiger partial charge in [-0.25, -0.2) is 0 Å². The molecule has 30 heavy (non-hydrogen) atoms. The van der Waals surface area contributed by atoms with Gasteiger partial charge >= 0.3 is 11.9 Å². The van der Waals surface area contributed by atoms with Crippen molar-refractivity contribution in [3.8, 4) is 0 Å². The normalized spacial score (nSPS) is 27.4. The molecule has 6 nitrogen and oxygen atoms in total. The molecule has 0 bridgehead atoms. The van der Waals surface area contributed by atoms with Crippen LogP contribution in [0, 0.1) is 23.7 Å². The molecule has 6 atom stereocenters. The number of ether oxygens (including phenoxy) is 2. The second-order valence-electron chi connectivity index (χ2n) is 8.70. The number of hydrogen-bond donors (Lipinski definition) is 1. The number of hydrogen-bond acceptors (Lipinski definition) is 6. The molecule has 168 valence electrons. The summed E-state index contributed by atoms with van der Waals surface area (Å²) in [5.41, 5.74) is 1.21. The summed E-state index contributed by atoms with van der Waals surface area (Å²) in [5.74, 6) is -0.528. The number of aliphatic hydroxyl groups excluding tert-OH is 1. The number of carbonyl (C=O) groups is 3. The van der Waals surface area contributed by atoms with E-state index in [-0.39, 0.29) is 54.4 Å². The van der Waals surface area contributed by atoms with Crippen LogP contribution in [0.2, 0.25) is 0 Å². The third-order valence-corrected chi connectivity index (χ3v) is 6.49. The van der Waals surface area contributed by atoms with Gasteiger partial charge in [-0.2, -0.15) is 0 Å². The lowest BCUT2D eigenvalue weighted by atomic mass is 9.66. The Morgan fingerprint density at radius 1 is 1.30 bits per heavy atom. The summed E-state index contributed by atoms with van der Waals surface area (Å²) >= 11 is 0. The minimum Gasteiger partial charge on any atom is -0.469 e. The maximum absolute atomic E-state index is 12.4. The Bertz CT molecular complexity index is 679. The molecule has 2 aliphatic carbocycles. The molecule has 6 heteroatoms. The average molecular weight is 421 g/mol. The van der Waals surface area contributed by atoms with Gasteiger partial charge < -0.3 is 14.6 Å². The van der Waals surface area contributed by atoms with E-state index in [1.807, 2.05) is 13.8 Å². The van der Waals surface area contributed by atoms with Crippen LogP contribution >= 0.6 is 0 Å². The maximum atomic E-state index is 12.4. The van der Waals surface area contributed by atoms with E-state index >= 15 is 0 Å². The van der Waals surface area contributed by atoms with Crippen LogP contribution in [0.5, 0.6) is 0 Å². The van der Waals surface area contributed by atoms with Crippen LogP contribution in [0.15, 0.2) is 23.8 Å². The first kappa shape index (κ1) is 24.3. The fourth-order valence-corrected chi connectivity index (χ4v) is 4.44. The molecule has 0 unspecified atom stereocenters. The first-order valence-corrected chi connectivity index (χ1v) is 11.1. The van der Waals surface area contributed by atoms with Gasteiger partial charge in [0.05, 0.1) is 19.1 Å². The quantitative estimate of drug-likeness (QED) is 0.427. The summed E-state index contributed by atoms with van der Waals surface area (Å²) in [6.07, 6.45) is 8.89. The molecule has 0 amide bonds. The van der Waals surface area contributed by atoms with Crippen molar-refractivity contribution in [3.63, 3.8) is 0 Å². The van der Waals surface area contributed by atoms with Crippen molar-refractivity contribution in [1.82, 2.24) is 0 Å². The highest BCUT2D eigenvalue weighted by atomic mass is 16.5. The van der Waals surface area contributed by atoms with Crippen LogP contribution in [0.1, 0.15) is 65.7 Å². The molecule has 2 aliphatic rings. The number of fused-ring (bicyclic) bond motifs is 1. The summed E-state index contributed by atoms with van der Waals surface area (Å²) in [6.45, 7) is 6.02. The monoisotopic (exact) mass is 420 g/mol. The van der Waals surface area contributed by atoms with E-state index < -0.39 is 12.1 Å². The van der Waals surface area contributed by atoms with Gasteiger partial charge in [0.25, 0.3) is 0 Å². The Kier molecular flexibility index (Phi) is 9.28. The minimum atomic E-state index is -0.794. The van der Waals surface area contributed by atoms with E-state index in [4.69, 9.17) is 4.74 Å². The lowest BCUT2D eigenvalue weighted by molar-refractivity contribution is -0.158. The van der Waals surface area contributed by atoms with Gasteiger partial charge in [-0.1, -0.05) is 39.0 Å². The summed E-state index contributed by atoms with van der Waals surface area (Å²) < 4.78 is 10.4. The summed E-state index contributed by atoms with van der Waals surface area (Å²) in [4.78, 5) is 35.5. The number of aliphatic hydroxyl groups is 1. The highest BCUT2D eigenvalue weighted by Crippen LogP contribution is 2.43. The average Bonchev–Trinajstić information content (AvgIpc) is 2.72. The van der Waals surface area contributed by atoms with Crippen molar-refractivity contribution in [2.75, 3.05) is 7.11 Å². The van der Waals surface area contributed by atoms with Crippen molar-refractivity contribution in [1.29, 1.82) is 0 Å². The van der Waals surface area contributed by atoms with Crippen molar-refractivity contribution in [3.05, 3.63) is 23.8 Å². The minimum absolute atomic E-state index is 0.0498. The summed E-state index contributed by atoms with van der Waals surface area (Å²) in [7, 11) is 1.24. The molecule has 0 aromatic rings. The Balaban J connectivity index is 2.02.